The number of hydrogen-bond acceptors (Lipinski definition) is 6. The quantitative estimate of drug-likeness (QED) is 0.311. The van der Waals surface area contributed by atoms with E-state index in [1.165, 1.54) is 0 Å². The Balaban J connectivity index is 1.72. The Kier molecular flexibility index (Phi) is 8.00. The van der Waals surface area contributed by atoms with Crippen LogP contribution in [-0.4, -0.2) is 39.5 Å². The average molecular weight is 539 g/mol. The lowest BCUT2D eigenvalue weighted by Gasteiger charge is -2.41. The fourth-order valence-corrected chi connectivity index (χ4v) is 6.33. The first-order valence-electron chi connectivity index (χ1n) is 12.6. The molecule has 0 fully saturated rings. The summed E-state index contributed by atoms with van der Waals surface area (Å²) in [6.07, 6.45) is 0. The van der Waals surface area contributed by atoms with Gasteiger partial charge in [-0.25, -0.2) is 0 Å². The molecule has 0 bridgehead atoms. The zero-order chi connectivity index (χ0) is 26.8. The maximum absolute atomic E-state index is 12.6. The molecule has 0 aliphatic carbocycles. The lowest BCUT2D eigenvalue weighted by Crippen LogP contribution is -2.45. The molecule has 0 saturated heterocycles. The minimum absolute atomic E-state index is 0.127. The van der Waals surface area contributed by atoms with E-state index in [9.17, 15) is 5.11 Å². The third-order valence-corrected chi connectivity index (χ3v) is 13.4. The molecule has 4 rings (SSSR count). The third-order valence-electron chi connectivity index (χ3n) is 7.57. The van der Waals surface area contributed by atoms with Crippen LogP contribution in [-0.2, 0) is 16.6 Å². The number of thioether (sulfide) groups is 1. The number of fused-ring (bicyclic) bond motifs is 1. The van der Waals surface area contributed by atoms with E-state index in [1.54, 1.807) is 26.0 Å². The van der Waals surface area contributed by atoms with Crippen LogP contribution in [0, 0.1) is 0 Å². The molecule has 1 aliphatic heterocycles. The van der Waals surface area contributed by atoms with E-state index in [0.717, 1.165) is 27.3 Å². The number of methoxy groups -OCH3 is 2. The predicted molar refractivity (Wildman–Crippen MR) is 153 cm³/mol. The van der Waals surface area contributed by atoms with Gasteiger partial charge >= 0.3 is 0 Å². The van der Waals surface area contributed by atoms with E-state index in [2.05, 4.69) is 46.0 Å². The van der Waals surface area contributed by atoms with Crippen LogP contribution in [0.4, 0.5) is 0 Å². The highest BCUT2D eigenvalue weighted by Gasteiger charge is 2.46. The van der Waals surface area contributed by atoms with Crippen molar-refractivity contribution in [2.24, 2.45) is 0 Å². The third kappa shape index (κ3) is 5.70. The van der Waals surface area contributed by atoms with Crippen LogP contribution in [0.1, 0.15) is 37.5 Å². The first kappa shape index (κ1) is 27.6. The summed E-state index contributed by atoms with van der Waals surface area (Å²) in [6.45, 7) is 12.1. The SMILES string of the molecule is COc1ccc(SC2COc3cc(OC)ccc3C2(O)c2cccc(CO[Si](C)(C)C(C)(C)C)c2)cc1. The number of rotatable bonds is 8. The Labute approximate surface area is 226 Å². The monoisotopic (exact) mass is 538 g/mol. The van der Waals surface area contributed by atoms with Gasteiger partial charge in [0.2, 0.25) is 0 Å². The van der Waals surface area contributed by atoms with Crippen LogP contribution in [0.5, 0.6) is 17.2 Å². The minimum Gasteiger partial charge on any atom is -0.497 e. The number of aliphatic hydroxyl groups is 1. The second-order valence-electron chi connectivity index (χ2n) is 11.0. The second-order valence-corrected chi connectivity index (χ2v) is 17.1. The Hall–Kier alpha value is -2.45. The molecule has 198 valence electrons. The molecule has 3 aromatic rings. The van der Waals surface area contributed by atoms with E-state index in [4.69, 9.17) is 18.6 Å². The zero-order valence-corrected chi connectivity index (χ0v) is 24.6. The molecular formula is C30H38O5SSi. The Morgan fingerprint density at radius 2 is 1.65 bits per heavy atom. The lowest BCUT2D eigenvalue weighted by atomic mass is 9.81. The van der Waals surface area contributed by atoms with Crippen LogP contribution >= 0.6 is 11.8 Å². The minimum atomic E-state index is -1.91. The number of ether oxygens (including phenoxy) is 3. The van der Waals surface area contributed by atoms with Crippen molar-refractivity contribution < 1.29 is 23.7 Å². The van der Waals surface area contributed by atoms with Crippen molar-refractivity contribution in [3.05, 3.63) is 83.4 Å². The summed E-state index contributed by atoms with van der Waals surface area (Å²) in [5.74, 6) is 2.13. The summed E-state index contributed by atoms with van der Waals surface area (Å²) >= 11 is 1.60. The lowest BCUT2D eigenvalue weighted by molar-refractivity contribution is 0.0420. The fraction of sp³-hybridized carbons (Fsp3) is 0.400. The molecule has 0 aromatic heterocycles. The van der Waals surface area contributed by atoms with Crippen molar-refractivity contribution in [1.29, 1.82) is 0 Å². The largest absolute Gasteiger partial charge is 0.497 e. The summed E-state index contributed by atoms with van der Waals surface area (Å²) < 4.78 is 23.4. The van der Waals surface area contributed by atoms with Crippen molar-refractivity contribution >= 4 is 20.1 Å². The van der Waals surface area contributed by atoms with Crippen LogP contribution in [0.15, 0.2) is 71.6 Å². The van der Waals surface area contributed by atoms with Gasteiger partial charge < -0.3 is 23.7 Å². The Bertz CT molecular complexity index is 1220. The molecular weight excluding hydrogens is 500 g/mol. The molecule has 2 atom stereocenters. The van der Waals surface area contributed by atoms with Gasteiger partial charge in [-0.05, 0) is 65.7 Å². The van der Waals surface area contributed by atoms with Gasteiger partial charge in [0.25, 0.3) is 0 Å². The van der Waals surface area contributed by atoms with Crippen LogP contribution in [0.3, 0.4) is 0 Å². The summed E-state index contributed by atoms with van der Waals surface area (Å²) in [4.78, 5) is 1.03. The molecule has 0 spiro atoms. The molecule has 7 heteroatoms. The molecule has 0 amide bonds. The highest BCUT2D eigenvalue weighted by atomic mass is 32.2. The number of hydrogen-bond donors (Lipinski definition) is 1. The van der Waals surface area contributed by atoms with E-state index in [1.807, 2.05) is 54.6 Å². The van der Waals surface area contributed by atoms with Gasteiger partial charge in [0.05, 0.1) is 26.1 Å². The molecule has 0 radical (unpaired) electrons. The van der Waals surface area contributed by atoms with Gasteiger partial charge in [-0.2, -0.15) is 0 Å². The van der Waals surface area contributed by atoms with Crippen LogP contribution in [0.2, 0.25) is 18.1 Å². The van der Waals surface area contributed by atoms with Crippen molar-refractivity contribution in [2.45, 2.75) is 61.3 Å². The summed E-state index contributed by atoms with van der Waals surface area (Å²) in [7, 11) is 1.37. The summed E-state index contributed by atoms with van der Waals surface area (Å²) in [6, 6.07) is 21.7. The van der Waals surface area contributed by atoms with Gasteiger partial charge in [0, 0.05) is 16.5 Å². The van der Waals surface area contributed by atoms with Crippen molar-refractivity contribution in [3.8, 4) is 17.2 Å². The molecule has 5 nitrogen and oxygen atoms in total. The van der Waals surface area contributed by atoms with Crippen molar-refractivity contribution in [3.63, 3.8) is 0 Å². The Morgan fingerprint density at radius 1 is 0.973 bits per heavy atom. The van der Waals surface area contributed by atoms with E-state index < -0.39 is 13.9 Å². The van der Waals surface area contributed by atoms with Crippen LogP contribution < -0.4 is 14.2 Å². The molecule has 1 heterocycles. The van der Waals surface area contributed by atoms with E-state index >= 15 is 0 Å². The van der Waals surface area contributed by atoms with Gasteiger partial charge in [-0.15, -0.1) is 11.8 Å². The summed E-state index contributed by atoms with van der Waals surface area (Å²) in [5, 5.41) is 12.4. The first-order valence-corrected chi connectivity index (χ1v) is 16.3. The molecule has 0 saturated carbocycles. The van der Waals surface area contributed by atoms with Crippen molar-refractivity contribution in [2.75, 3.05) is 20.8 Å². The highest BCUT2D eigenvalue weighted by Crippen LogP contribution is 2.49. The van der Waals surface area contributed by atoms with Gasteiger partial charge in [0.1, 0.15) is 29.5 Å². The topological polar surface area (TPSA) is 57.2 Å². The predicted octanol–water partition coefficient (Wildman–Crippen LogP) is 7.01. The molecule has 2 unspecified atom stereocenters. The number of benzene rings is 3. The fourth-order valence-electron chi connectivity index (χ4n) is 4.18. The maximum atomic E-state index is 12.6. The van der Waals surface area contributed by atoms with Crippen LogP contribution in [0.25, 0.3) is 0 Å². The maximum Gasteiger partial charge on any atom is 0.192 e. The van der Waals surface area contributed by atoms with Gasteiger partial charge in [-0.3, -0.25) is 0 Å². The second kappa shape index (κ2) is 10.7. The zero-order valence-electron chi connectivity index (χ0n) is 22.8. The van der Waals surface area contributed by atoms with Gasteiger partial charge in [-0.1, -0.05) is 45.0 Å². The summed E-state index contributed by atoms with van der Waals surface area (Å²) in [5.41, 5.74) is 1.32. The normalized spacial score (nSPS) is 19.6. The molecule has 37 heavy (non-hydrogen) atoms. The Morgan fingerprint density at radius 3 is 2.30 bits per heavy atom. The van der Waals surface area contributed by atoms with E-state index in [0.29, 0.717) is 24.7 Å². The standard InChI is InChI=1S/C30H38O5SSi/c1-29(2,3)37(6,7)35-19-21-9-8-10-22(17-21)30(31)26-16-13-24(33-5)18-27(26)34-20-28(30)36-25-14-11-23(32-4)12-15-25/h8-18,28,31H,19-20H2,1-7H3. The molecule has 3 aromatic carbocycles. The highest BCUT2D eigenvalue weighted by molar-refractivity contribution is 8.00. The van der Waals surface area contributed by atoms with Crippen molar-refractivity contribution in [1.82, 2.24) is 0 Å². The molecule has 1 N–H and O–H groups in total. The smallest absolute Gasteiger partial charge is 0.192 e. The average Bonchev–Trinajstić information content (AvgIpc) is 2.89. The van der Waals surface area contributed by atoms with E-state index in [-0.39, 0.29) is 10.3 Å². The molecule has 1 aliphatic rings. The first-order chi connectivity index (χ1) is 17.5. The van der Waals surface area contributed by atoms with Gasteiger partial charge in [0.15, 0.2) is 8.32 Å².